The highest BCUT2D eigenvalue weighted by molar-refractivity contribution is 7.09. The molecule has 6 nitrogen and oxygen atoms in total. The molecular weight excluding hydrogens is 276 g/mol. The van der Waals surface area contributed by atoms with Crippen LogP contribution in [0.1, 0.15) is 23.5 Å². The van der Waals surface area contributed by atoms with Crippen molar-refractivity contribution in [1.82, 2.24) is 20.5 Å². The third-order valence-electron chi connectivity index (χ3n) is 3.49. The minimum Gasteiger partial charge on any atom is -0.359 e. The highest BCUT2D eigenvalue weighted by Crippen LogP contribution is 2.17. The molecular formula is C13H20N4O2S. The van der Waals surface area contributed by atoms with E-state index in [4.69, 9.17) is 0 Å². The molecule has 1 saturated heterocycles. The number of likely N-dealkylation sites (tertiary alicyclic amines) is 1. The predicted octanol–water partition coefficient (Wildman–Crippen LogP) is 1.12. The zero-order valence-electron chi connectivity index (χ0n) is 11.8. The highest BCUT2D eigenvalue weighted by Gasteiger charge is 2.26. The maximum atomic E-state index is 12.0. The summed E-state index contributed by atoms with van der Waals surface area (Å²) < 4.78 is 0. The molecule has 110 valence electrons. The summed E-state index contributed by atoms with van der Waals surface area (Å²) in [6, 6.07) is -0.0778. The molecule has 1 aromatic heterocycles. The Hall–Kier alpha value is -1.63. The van der Waals surface area contributed by atoms with Crippen LogP contribution in [-0.2, 0) is 11.3 Å². The fourth-order valence-electron chi connectivity index (χ4n) is 2.32. The summed E-state index contributed by atoms with van der Waals surface area (Å²) in [5.41, 5.74) is 0.890. The van der Waals surface area contributed by atoms with Crippen LogP contribution in [0.25, 0.3) is 0 Å². The van der Waals surface area contributed by atoms with E-state index in [1.807, 2.05) is 12.3 Å². The number of nitrogens with zero attached hydrogens (tertiary/aromatic N) is 2. The number of rotatable bonds is 3. The van der Waals surface area contributed by atoms with Crippen molar-refractivity contribution < 1.29 is 9.59 Å². The molecule has 0 aromatic carbocycles. The van der Waals surface area contributed by atoms with Gasteiger partial charge < -0.3 is 15.5 Å². The molecule has 2 rings (SSSR count). The van der Waals surface area contributed by atoms with E-state index in [9.17, 15) is 9.59 Å². The molecule has 2 N–H and O–H groups in total. The summed E-state index contributed by atoms with van der Waals surface area (Å²) in [7, 11) is 1.65. The largest absolute Gasteiger partial charge is 0.359 e. The van der Waals surface area contributed by atoms with Gasteiger partial charge in [-0.05, 0) is 19.8 Å². The van der Waals surface area contributed by atoms with Crippen LogP contribution in [0.2, 0.25) is 0 Å². The van der Waals surface area contributed by atoms with Crippen LogP contribution in [0.15, 0.2) is 5.38 Å². The lowest BCUT2D eigenvalue weighted by molar-refractivity contribution is -0.125. The van der Waals surface area contributed by atoms with Gasteiger partial charge in [0.05, 0.1) is 17.2 Å². The van der Waals surface area contributed by atoms with Crippen molar-refractivity contribution in [3.63, 3.8) is 0 Å². The number of amides is 3. The first-order valence-corrected chi connectivity index (χ1v) is 7.63. The maximum absolute atomic E-state index is 12.0. The maximum Gasteiger partial charge on any atom is 0.317 e. The molecule has 0 aliphatic carbocycles. The van der Waals surface area contributed by atoms with Crippen molar-refractivity contribution in [2.45, 2.75) is 26.3 Å². The van der Waals surface area contributed by atoms with Crippen molar-refractivity contribution in [2.75, 3.05) is 20.1 Å². The second-order valence-electron chi connectivity index (χ2n) is 4.89. The van der Waals surface area contributed by atoms with Crippen LogP contribution in [0, 0.1) is 12.8 Å². The molecule has 1 aromatic rings. The number of carbonyl (C=O) groups excluding carboxylic acids is 2. The SMILES string of the molecule is CNC(=O)C1CCN(C(=O)NCc2csc(C)n2)CC1. The number of hydrogen-bond acceptors (Lipinski definition) is 4. The van der Waals surface area contributed by atoms with Gasteiger partial charge in [-0.1, -0.05) is 0 Å². The Bertz CT molecular complexity index is 480. The topological polar surface area (TPSA) is 74.3 Å². The van der Waals surface area contributed by atoms with Crippen molar-refractivity contribution in [3.8, 4) is 0 Å². The fraction of sp³-hybridized carbons (Fsp3) is 0.615. The van der Waals surface area contributed by atoms with Gasteiger partial charge in [-0.3, -0.25) is 4.79 Å². The minimum atomic E-state index is -0.0778. The van der Waals surface area contributed by atoms with E-state index in [-0.39, 0.29) is 17.9 Å². The smallest absolute Gasteiger partial charge is 0.317 e. The summed E-state index contributed by atoms with van der Waals surface area (Å²) >= 11 is 1.58. The van der Waals surface area contributed by atoms with Crippen molar-refractivity contribution >= 4 is 23.3 Å². The van der Waals surface area contributed by atoms with E-state index in [1.165, 1.54) is 0 Å². The standard InChI is InChI=1S/C13H20N4O2S/c1-9-16-11(8-20-9)7-15-13(19)17-5-3-10(4-6-17)12(18)14-2/h8,10H,3-7H2,1-2H3,(H,14,18)(H,15,19). The van der Waals surface area contributed by atoms with Gasteiger partial charge in [-0.25, -0.2) is 9.78 Å². The van der Waals surface area contributed by atoms with E-state index in [0.717, 1.165) is 23.5 Å². The number of nitrogens with one attached hydrogen (secondary N) is 2. The third kappa shape index (κ3) is 3.69. The summed E-state index contributed by atoms with van der Waals surface area (Å²) in [6.45, 7) is 3.65. The zero-order chi connectivity index (χ0) is 14.5. The van der Waals surface area contributed by atoms with Crippen LogP contribution in [0.3, 0.4) is 0 Å². The number of piperidine rings is 1. The van der Waals surface area contributed by atoms with E-state index in [2.05, 4.69) is 15.6 Å². The lowest BCUT2D eigenvalue weighted by atomic mass is 9.96. The molecule has 0 spiro atoms. The van der Waals surface area contributed by atoms with Gasteiger partial charge in [0.2, 0.25) is 5.91 Å². The predicted molar refractivity (Wildman–Crippen MR) is 77.5 cm³/mol. The van der Waals surface area contributed by atoms with E-state index >= 15 is 0 Å². The highest BCUT2D eigenvalue weighted by atomic mass is 32.1. The summed E-state index contributed by atoms with van der Waals surface area (Å²) in [4.78, 5) is 29.6. The summed E-state index contributed by atoms with van der Waals surface area (Å²) in [5, 5.41) is 8.49. The number of aryl methyl sites for hydroxylation is 1. The lowest BCUT2D eigenvalue weighted by Gasteiger charge is -2.31. The van der Waals surface area contributed by atoms with Gasteiger partial charge >= 0.3 is 6.03 Å². The molecule has 7 heteroatoms. The minimum absolute atomic E-state index is 0.0326. The number of thiazole rings is 1. The Balaban J connectivity index is 1.76. The molecule has 3 amide bonds. The number of urea groups is 1. The Kier molecular flexibility index (Phi) is 4.94. The second kappa shape index (κ2) is 6.69. The monoisotopic (exact) mass is 296 g/mol. The molecule has 1 aliphatic rings. The van der Waals surface area contributed by atoms with Crippen LogP contribution < -0.4 is 10.6 Å². The quantitative estimate of drug-likeness (QED) is 0.878. The lowest BCUT2D eigenvalue weighted by Crippen LogP contribution is -2.46. The van der Waals surface area contributed by atoms with E-state index in [0.29, 0.717) is 19.6 Å². The van der Waals surface area contributed by atoms with E-state index in [1.54, 1.807) is 23.3 Å². The zero-order valence-corrected chi connectivity index (χ0v) is 12.6. The van der Waals surface area contributed by atoms with Gasteiger partial charge in [0, 0.05) is 31.4 Å². The van der Waals surface area contributed by atoms with Gasteiger partial charge in [-0.15, -0.1) is 11.3 Å². The fourth-order valence-corrected chi connectivity index (χ4v) is 2.93. The molecule has 1 fully saturated rings. The third-order valence-corrected chi connectivity index (χ3v) is 4.31. The van der Waals surface area contributed by atoms with Crippen molar-refractivity contribution in [1.29, 1.82) is 0 Å². The van der Waals surface area contributed by atoms with Crippen molar-refractivity contribution in [3.05, 3.63) is 16.1 Å². The molecule has 0 saturated carbocycles. The van der Waals surface area contributed by atoms with Gasteiger partial charge in [0.15, 0.2) is 0 Å². The first kappa shape index (κ1) is 14.8. The Labute approximate surface area is 122 Å². The van der Waals surface area contributed by atoms with Crippen LogP contribution in [0.5, 0.6) is 0 Å². The Morgan fingerprint density at radius 3 is 2.70 bits per heavy atom. The molecule has 2 heterocycles. The average Bonchev–Trinajstić information content (AvgIpc) is 2.89. The molecule has 1 aliphatic heterocycles. The van der Waals surface area contributed by atoms with Gasteiger partial charge in [-0.2, -0.15) is 0 Å². The summed E-state index contributed by atoms with van der Waals surface area (Å²) in [6.07, 6.45) is 1.45. The van der Waals surface area contributed by atoms with Crippen LogP contribution in [-0.4, -0.2) is 42.0 Å². The molecule has 0 unspecified atom stereocenters. The molecule has 0 bridgehead atoms. The normalized spacial score (nSPS) is 16.0. The molecule has 20 heavy (non-hydrogen) atoms. The van der Waals surface area contributed by atoms with E-state index < -0.39 is 0 Å². The number of carbonyl (C=O) groups is 2. The van der Waals surface area contributed by atoms with Crippen LogP contribution >= 0.6 is 11.3 Å². The first-order valence-electron chi connectivity index (χ1n) is 6.75. The van der Waals surface area contributed by atoms with Gasteiger partial charge in [0.25, 0.3) is 0 Å². The first-order chi connectivity index (χ1) is 9.60. The summed E-state index contributed by atoms with van der Waals surface area (Å²) in [5.74, 6) is 0.105. The average molecular weight is 296 g/mol. The molecule has 0 radical (unpaired) electrons. The number of hydrogen-bond donors (Lipinski definition) is 2. The number of aromatic nitrogens is 1. The Morgan fingerprint density at radius 1 is 1.45 bits per heavy atom. The van der Waals surface area contributed by atoms with Crippen LogP contribution in [0.4, 0.5) is 4.79 Å². The second-order valence-corrected chi connectivity index (χ2v) is 5.95. The van der Waals surface area contributed by atoms with Crippen molar-refractivity contribution in [2.24, 2.45) is 5.92 Å². The van der Waals surface area contributed by atoms with Gasteiger partial charge in [0.1, 0.15) is 0 Å². The Morgan fingerprint density at radius 2 is 2.15 bits per heavy atom. The molecule has 0 atom stereocenters.